The topological polar surface area (TPSA) is 85.6 Å². The largest absolute Gasteiger partial charge is 0.491 e. The number of hydrogen-bond donors (Lipinski definition) is 2. The minimum atomic E-state index is -0.694. The van der Waals surface area contributed by atoms with Gasteiger partial charge in [-0.15, -0.1) is 0 Å². The van der Waals surface area contributed by atoms with Crippen LogP contribution in [0.25, 0.3) is 11.0 Å². The molecule has 7 heteroatoms. The van der Waals surface area contributed by atoms with Crippen molar-refractivity contribution in [2.24, 2.45) is 0 Å². The number of amides is 1. The lowest BCUT2D eigenvalue weighted by molar-refractivity contribution is -0.118. The number of imidazole rings is 1. The van der Waals surface area contributed by atoms with Crippen LogP contribution in [0, 0.1) is 6.92 Å². The third-order valence-corrected chi connectivity index (χ3v) is 4.93. The number of aryl methyl sites for hydroxylation is 1. The molecule has 0 spiro atoms. The Bertz CT molecular complexity index is 1170. The summed E-state index contributed by atoms with van der Waals surface area (Å²) in [6.45, 7) is 2.38. The zero-order valence-electron chi connectivity index (χ0n) is 17.8. The van der Waals surface area contributed by atoms with Crippen molar-refractivity contribution in [3.05, 3.63) is 84.7 Å². The van der Waals surface area contributed by atoms with Crippen LogP contribution in [0.1, 0.15) is 5.82 Å². The lowest BCUT2D eigenvalue weighted by Crippen LogP contribution is -2.24. The number of carbonyl (C=O) groups is 1. The molecule has 0 aliphatic heterocycles. The minimum Gasteiger partial charge on any atom is -0.491 e. The third-order valence-electron chi connectivity index (χ3n) is 4.93. The summed E-state index contributed by atoms with van der Waals surface area (Å²) in [5.41, 5.74) is 2.53. The van der Waals surface area contributed by atoms with Gasteiger partial charge in [0.15, 0.2) is 6.61 Å². The van der Waals surface area contributed by atoms with Crippen LogP contribution in [0.5, 0.6) is 11.5 Å². The number of hydrogen-bond acceptors (Lipinski definition) is 5. The fraction of sp³-hybridized carbons (Fsp3) is 0.200. The van der Waals surface area contributed by atoms with Crippen LogP contribution in [0.15, 0.2) is 78.9 Å². The second kappa shape index (κ2) is 9.98. The molecule has 1 atom stereocenters. The summed E-state index contributed by atoms with van der Waals surface area (Å²) in [6.07, 6.45) is -0.694. The fourth-order valence-corrected chi connectivity index (χ4v) is 3.38. The number of ether oxygens (including phenoxy) is 2. The first-order valence-corrected chi connectivity index (χ1v) is 10.4. The Balaban J connectivity index is 1.25. The summed E-state index contributed by atoms with van der Waals surface area (Å²) in [4.78, 5) is 16.6. The van der Waals surface area contributed by atoms with Gasteiger partial charge >= 0.3 is 0 Å². The summed E-state index contributed by atoms with van der Waals surface area (Å²) < 4.78 is 13.1. The summed E-state index contributed by atoms with van der Waals surface area (Å²) >= 11 is 0. The van der Waals surface area contributed by atoms with Gasteiger partial charge in [0.2, 0.25) is 0 Å². The SMILES string of the molecule is Cc1nc2ccccc2n1CC(O)COc1ccc(NC(=O)COc2ccccc2)cc1. The highest BCUT2D eigenvalue weighted by Crippen LogP contribution is 2.18. The van der Waals surface area contributed by atoms with Gasteiger partial charge in [-0.25, -0.2) is 4.98 Å². The molecule has 164 valence electrons. The van der Waals surface area contributed by atoms with E-state index >= 15 is 0 Å². The number of fused-ring (bicyclic) bond motifs is 1. The summed E-state index contributed by atoms with van der Waals surface area (Å²) in [7, 11) is 0. The predicted octanol–water partition coefficient (Wildman–Crippen LogP) is 3.80. The van der Waals surface area contributed by atoms with Crippen LogP contribution >= 0.6 is 0 Å². The van der Waals surface area contributed by atoms with Crippen molar-refractivity contribution in [1.29, 1.82) is 0 Å². The van der Waals surface area contributed by atoms with Gasteiger partial charge in [-0.3, -0.25) is 4.79 Å². The first kappa shape index (κ1) is 21.4. The monoisotopic (exact) mass is 431 g/mol. The average molecular weight is 431 g/mol. The number of aliphatic hydroxyl groups excluding tert-OH is 1. The van der Waals surface area contributed by atoms with Crippen molar-refractivity contribution in [3.8, 4) is 11.5 Å². The second-order valence-corrected chi connectivity index (χ2v) is 7.40. The Hall–Kier alpha value is -3.84. The van der Waals surface area contributed by atoms with E-state index in [0.717, 1.165) is 16.9 Å². The number of aromatic nitrogens is 2. The van der Waals surface area contributed by atoms with Crippen molar-refractivity contribution >= 4 is 22.6 Å². The smallest absolute Gasteiger partial charge is 0.262 e. The highest BCUT2D eigenvalue weighted by Gasteiger charge is 2.12. The number of carbonyl (C=O) groups excluding carboxylic acids is 1. The highest BCUT2D eigenvalue weighted by molar-refractivity contribution is 5.91. The molecule has 0 saturated heterocycles. The molecule has 2 N–H and O–H groups in total. The molecule has 1 aromatic heterocycles. The van der Waals surface area contributed by atoms with Gasteiger partial charge in [-0.05, 0) is 55.5 Å². The van der Waals surface area contributed by atoms with Crippen LogP contribution in [0.2, 0.25) is 0 Å². The lowest BCUT2D eigenvalue weighted by Gasteiger charge is -2.15. The van der Waals surface area contributed by atoms with E-state index in [1.807, 2.05) is 54.0 Å². The molecule has 4 rings (SSSR count). The maximum absolute atomic E-state index is 12.0. The van der Waals surface area contributed by atoms with Gasteiger partial charge in [0.25, 0.3) is 5.91 Å². The highest BCUT2D eigenvalue weighted by atomic mass is 16.5. The molecular formula is C25H25N3O4. The van der Waals surface area contributed by atoms with E-state index in [1.54, 1.807) is 36.4 Å². The first-order valence-electron chi connectivity index (χ1n) is 10.4. The molecule has 0 radical (unpaired) electrons. The number of rotatable bonds is 9. The summed E-state index contributed by atoms with van der Waals surface area (Å²) in [6, 6.07) is 24.0. The molecule has 1 unspecified atom stereocenters. The van der Waals surface area contributed by atoms with E-state index in [9.17, 15) is 9.90 Å². The molecule has 0 saturated carbocycles. The maximum Gasteiger partial charge on any atom is 0.262 e. The molecule has 4 aromatic rings. The average Bonchev–Trinajstić information content (AvgIpc) is 3.13. The van der Waals surface area contributed by atoms with Crippen molar-refractivity contribution in [2.45, 2.75) is 19.6 Å². The predicted molar refractivity (Wildman–Crippen MR) is 123 cm³/mol. The van der Waals surface area contributed by atoms with Crippen LogP contribution in [0.3, 0.4) is 0 Å². The van der Waals surface area contributed by atoms with E-state index in [2.05, 4.69) is 10.3 Å². The second-order valence-electron chi connectivity index (χ2n) is 7.40. The van der Waals surface area contributed by atoms with Crippen LogP contribution in [0.4, 0.5) is 5.69 Å². The number of benzene rings is 3. The van der Waals surface area contributed by atoms with E-state index in [4.69, 9.17) is 9.47 Å². The van der Waals surface area contributed by atoms with E-state index in [-0.39, 0.29) is 19.1 Å². The van der Waals surface area contributed by atoms with Gasteiger partial charge < -0.3 is 24.5 Å². The Kier molecular flexibility index (Phi) is 6.67. The molecule has 32 heavy (non-hydrogen) atoms. The number of nitrogens with zero attached hydrogens (tertiary/aromatic N) is 2. The molecule has 0 aliphatic carbocycles. The van der Waals surface area contributed by atoms with Crippen LogP contribution in [-0.4, -0.2) is 39.9 Å². The van der Waals surface area contributed by atoms with Gasteiger partial charge in [0, 0.05) is 5.69 Å². The van der Waals surface area contributed by atoms with Crippen molar-refractivity contribution in [3.63, 3.8) is 0 Å². The van der Waals surface area contributed by atoms with Crippen molar-refractivity contribution in [1.82, 2.24) is 9.55 Å². The Morgan fingerprint density at radius 3 is 2.44 bits per heavy atom. The van der Waals surface area contributed by atoms with E-state index in [1.165, 1.54) is 0 Å². The Morgan fingerprint density at radius 1 is 0.969 bits per heavy atom. The molecule has 3 aromatic carbocycles. The zero-order valence-corrected chi connectivity index (χ0v) is 17.8. The quantitative estimate of drug-likeness (QED) is 0.421. The maximum atomic E-state index is 12.0. The van der Waals surface area contributed by atoms with Crippen molar-refractivity contribution < 1.29 is 19.4 Å². The Morgan fingerprint density at radius 2 is 1.66 bits per heavy atom. The number of anilines is 1. The molecule has 7 nitrogen and oxygen atoms in total. The third kappa shape index (κ3) is 5.44. The molecule has 1 heterocycles. The Labute approximate surface area is 186 Å². The van der Waals surface area contributed by atoms with Gasteiger partial charge in [0.1, 0.15) is 30.0 Å². The first-order chi connectivity index (χ1) is 15.6. The summed E-state index contributed by atoms with van der Waals surface area (Å²) in [5, 5.41) is 13.2. The minimum absolute atomic E-state index is 0.0726. The van der Waals surface area contributed by atoms with Crippen LogP contribution < -0.4 is 14.8 Å². The molecule has 0 bridgehead atoms. The number of para-hydroxylation sites is 3. The van der Waals surface area contributed by atoms with Crippen LogP contribution in [-0.2, 0) is 11.3 Å². The molecular weight excluding hydrogens is 406 g/mol. The number of nitrogens with one attached hydrogen (secondary N) is 1. The fourth-order valence-electron chi connectivity index (χ4n) is 3.38. The van der Waals surface area contributed by atoms with Gasteiger partial charge in [0.05, 0.1) is 17.6 Å². The molecule has 1 amide bonds. The molecule has 0 fully saturated rings. The van der Waals surface area contributed by atoms with E-state index in [0.29, 0.717) is 23.7 Å². The van der Waals surface area contributed by atoms with Gasteiger partial charge in [-0.1, -0.05) is 30.3 Å². The summed E-state index contributed by atoms with van der Waals surface area (Å²) in [5.74, 6) is 1.85. The van der Waals surface area contributed by atoms with Crippen molar-refractivity contribution in [2.75, 3.05) is 18.5 Å². The standard InChI is InChI=1S/C25H25N3O4/c1-18-26-23-9-5-6-10-24(23)28(18)15-20(29)16-31-22-13-11-19(12-14-22)27-25(30)17-32-21-7-3-2-4-8-21/h2-14,20,29H,15-17H2,1H3,(H,27,30). The van der Waals surface area contributed by atoms with E-state index < -0.39 is 6.10 Å². The zero-order chi connectivity index (χ0) is 22.3. The van der Waals surface area contributed by atoms with Gasteiger partial charge in [-0.2, -0.15) is 0 Å². The number of aliphatic hydroxyl groups is 1. The normalized spacial score (nSPS) is 11.8. The molecule has 0 aliphatic rings. The lowest BCUT2D eigenvalue weighted by atomic mass is 10.3.